The summed E-state index contributed by atoms with van der Waals surface area (Å²) in [6, 6.07) is 10.2. The van der Waals surface area contributed by atoms with Gasteiger partial charge in [-0.3, -0.25) is 4.99 Å². The van der Waals surface area contributed by atoms with E-state index >= 15 is 0 Å². The smallest absolute Gasteiger partial charge is 0.161 e. The standard InChI is InChI=1S/C23H29NO4/c1-5-25-19-10-9-17(14-20(19)26-6-2)23-18-15-22(28-8-4)21(27-7-3)13-16(18)11-12-24-23/h9-10,13-15H,5-8,11-12H2,1-4H3. The number of aliphatic imine (C=N–C) groups is 1. The summed E-state index contributed by atoms with van der Waals surface area (Å²) in [5, 5.41) is 0. The van der Waals surface area contributed by atoms with Gasteiger partial charge in [0.05, 0.1) is 32.1 Å². The molecular weight excluding hydrogens is 354 g/mol. The highest BCUT2D eigenvalue weighted by Crippen LogP contribution is 2.36. The summed E-state index contributed by atoms with van der Waals surface area (Å²) in [4.78, 5) is 4.82. The van der Waals surface area contributed by atoms with Crippen molar-refractivity contribution in [2.75, 3.05) is 33.0 Å². The van der Waals surface area contributed by atoms with Crippen molar-refractivity contribution in [3.8, 4) is 23.0 Å². The fraction of sp³-hybridized carbons (Fsp3) is 0.435. The zero-order valence-electron chi connectivity index (χ0n) is 17.2. The zero-order chi connectivity index (χ0) is 19.9. The highest BCUT2D eigenvalue weighted by Gasteiger charge is 2.21. The summed E-state index contributed by atoms with van der Waals surface area (Å²) in [5.41, 5.74) is 4.28. The molecule has 28 heavy (non-hydrogen) atoms. The number of ether oxygens (including phenoxy) is 4. The maximum absolute atomic E-state index is 5.83. The molecule has 5 nitrogen and oxygen atoms in total. The van der Waals surface area contributed by atoms with E-state index in [0.717, 1.165) is 52.8 Å². The Bertz CT molecular complexity index is 845. The lowest BCUT2D eigenvalue weighted by Crippen LogP contribution is -2.15. The summed E-state index contributed by atoms with van der Waals surface area (Å²) in [6.45, 7) is 11.0. The molecule has 0 bridgehead atoms. The highest BCUT2D eigenvalue weighted by molar-refractivity contribution is 6.14. The third-order valence-electron chi connectivity index (χ3n) is 4.49. The number of hydrogen-bond acceptors (Lipinski definition) is 5. The van der Waals surface area contributed by atoms with Gasteiger partial charge in [-0.05, 0) is 70.0 Å². The quantitative estimate of drug-likeness (QED) is 0.631. The van der Waals surface area contributed by atoms with E-state index < -0.39 is 0 Å². The second kappa shape index (κ2) is 9.49. The van der Waals surface area contributed by atoms with Crippen molar-refractivity contribution in [1.82, 2.24) is 0 Å². The van der Waals surface area contributed by atoms with Gasteiger partial charge in [0.25, 0.3) is 0 Å². The molecule has 2 aromatic rings. The average molecular weight is 383 g/mol. The van der Waals surface area contributed by atoms with Gasteiger partial charge in [0, 0.05) is 17.7 Å². The topological polar surface area (TPSA) is 49.3 Å². The summed E-state index contributed by atoms with van der Waals surface area (Å²) in [5.74, 6) is 3.05. The Labute approximate surface area is 167 Å². The maximum Gasteiger partial charge on any atom is 0.161 e. The minimum Gasteiger partial charge on any atom is -0.490 e. The third kappa shape index (κ3) is 4.24. The number of fused-ring (bicyclic) bond motifs is 1. The largest absolute Gasteiger partial charge is 0.490 e. The minimum atomic E-state index is 0.582. The minimum absolute atomic E-state index is 0.582. The summed E-state index contributed by atoms with van der Waals surface area (Å²) in [6.07, 6.45) is 0.890. The first kappa shape index (κ1) is 20.1. The first-order valence-corrected chi connectivity index (χ1v) is 10.1. The van der Waals surface area contributed by atoms with E-state index in [1.165, 1.54) is 5.56 Å². The zero-order valence-corrected chi connectivity index (χ0v) is 17.2. The molecule has 0 amide bonds. The van der Waals surface area contributed by atoms with E-state index in [9.17, 15) is 0 Å². The second-order valence-corrected chi connectivity index (χ2v) is 6.33. The summed E-state index contributed by atoms with van der Waals surface area (Å²) in [7, 11) is 0. The molecule has 0 aliphatic carbocycles. The first-order chi connectivity index (χ1) is 13.7. The van der Waals surface area contributed by atoms with Crippen molar-refractivity contribution in [2.24, 2.45) is 4.99 Å². The van der Waals surface area contributed by atoms with Crippen LogP contribution < -0.4 is 18.9 Å². The van der Waals surface area contributed by atoms with Gasteiger partial charge in [-0.25, -0.2) is 0 Å². The van der Waals surface area contributed by atoms with Crippen LogP contribution in [0.4, 0.5) is 0 Å². The predicted molar refractivity (Wildman–Crippen MR) is 112 cm³/mol. The molecule has 0 saturated carbocycles. The Morgan fingerprint density at radius 2 is 1.29 bits per heavy atom. The maximum atomic E-state index is 5.83. The normalized spacial score (nSPS) is 12.8. The van der Waals surface area contributed by atoms with E-state index in [0.29, 0.717) is 26.4 Å². The number of nitrogens with zero attached hydrogens (tertiary/aromatic N) is 1. The van der Waals surface area contributed by atoms with Crippen LogP contribution in [0.3, 0.4) is 0 Å². The van der Waals surface area contributed by atoms with E-state index in [1.807, 2.05) is 45.9 Å². The van der Waals surface area contributed by atoms with Crippen molar-refractivity contribution in [3.05, 3.63) is 47.0 Å². The van der Waals surface area contributed by atoms with Gasteiger partial charge in [0.15, 0.2) is 23.0 Å². The molecule has 2 aromatic carbocycles. The SMILES string of the molecule is CCOc1ccc(C2=NCCc3cc(OCC)c(OCC)cc32)cc1OCC. The number of rotatable bonds is 9. The molecule has 0 fully saturated rings. The lowest BCUT2D eigenvalue weighted by molar-refractivity contribution is 0.287. The Balaban J connectivity index is 2.04. The van der Waals surface area contributed by atoms with Crippen molar-refractivity contribution >= 4 is 5.71 Å². The highest BCUT2D eigenvalue weighted by atomic mass is 16.5. The summed E-state index contributed by atoms with van der Waals surface area (Å²) < 4.78 is 23.1. The molecular formula is C23H29NO4. The number of hydrogen-bond donors (Lipinski definition) is 0. The molecule has 0 radical (unpaired) electrons. The van der Waals surface area contributed by atoms with Gasteiger partial charge >= 0.3 is 0 Å². The van der Waals surface area contributed by atoms with Crippen molar-refractivity contribution in [1.29, 1.82) is 0 Å². The van der Waals surface area contributed by atoms with Crippen LogP contribution in [-0.4, -0.2) is 38.7 Å². The Morgan fingerprint density at radius 3 is 1.93 bits per heavy atom. The molecule has 0 aromatic heterocycles. The van der Waals surface area contributed by atoms with Crippen LogP contribution >= 0.6 is 0 Å². The van der Waals surface area contributed by atoms with Gasteiger partial charge in [0.1, 0.15) is 0 Å². The molecule has 1 aliphatic heterocycles. The molecule has 1 heterocycles. The lowest BCUT2D eigenvalue weighted by atomic mass is 9.92. The van der Waals surface area contributed by atoms with Gasteiger partial charge in [0.2, 0.25) is 0 Å². The van der Waals surface area contributed by atoms with E-state index in [2.05, 4.69) is 12.1 Å². The molecule has 150 valence electrons. The Morgan fingerprint density at radius 1 is 0.714 bits per heavy atom. The predicted octanol–water partition coefficient (Wildman–Crippen LogP) is 4.67. The number of benzene rings is 2. The van der Waals surface area contributed by atoms with Crippen LogP contribution in [0.2, 0.25) is 0 Å². The van der Waals surface area contributed by atoms with Crippen molar-refractivity contribution in [3.63, 3.8) is 0 Å². The van der Waals surface area contributed by atoms with E-state index in [-0.39, 0.29) is 0 Å². The molecule has 0 atom stereocenters. The van der Waals surface area contributed by atoms with Crippen molar-refractivity contribution < 1.29 is 18.9 Å². The molecule has 0 spiro atoms. The van der Waals surface area contributed by atoms with Crippen LogP contribution in [0.15, 0.2) is 35.3 Å². The van der Waals surface area contributed by atoms with E-state index in [1.54, 1.807) is 0 Å². The van der Waals surface area contributed by atoms with Crippen LogP contribution in [0.25, 0.3) is 0 Å². The van der Waals surface area contributed by atoms with Gasteiger partial charge in [-0.1, -0.05) is 0 Å². The average Bonchev–Trinajstić information content (AvgIpc) is 2.70. The monoisotopic (exact) mass is 383 g/mol. The molecule has 1 aliphatic rings. The molecule has 3 rings (SSSR count). The van der Waals surface area contributed by atoms with Gasteiger partial charge in [-0.2, -0.15) is 0 Å². The molecule has 0 N–H and O–H groups in total. The molecule has 0 saturated heterocycles. The molecule has 5 heteroatoms. The first-order valence-electron chi connectivity index (χ1n) is 10.1. The fourth-order valence-corrected chi connectivity index (χ4v) is 3.38. The van der Waals surface area contributed by atoms with Gasteiger partial charge in [-0.15, -0.1) is 0 Å². The fourth-order valence-electron chi connectivity index (χ4n) is 3.38. The lowest BCUT2D eigenvalue weighted by Gasteiger charge is -2.21. The van der Waals surface area contributed by atoms with Crippen LogP contribution in [0.5, 0.6) is 23.0 Å². The van der Waals surface area contributed by atoms with Crippen LogP contribution in [-0.2, 0) is 6.42 Å². The van der Waals surface area contributed by atoms with Crippen LogP contribution in [0.1, 0.15) is 44.4 Å². The van der Waals surface area contributed by atoms with Crippen LogP contribution in [0, 0.1) is 0 Å². The second-order valence-electron chi connectivity index (χ2n) is 6.33. The Kier molecular flexibility index (Phi) is 6.80. The van der Waals surface area contributed by atoms with E-state index in [4.69, 9.17) is 23.9 Å². The van der Waals surface area contributed by atoms with Gasteiger partial charge < -0.3 is 18.9 Å². The van der Waals surface area contributed by atoms with Crippen molar-refractivity contribution in [2.45, 2.75) is 34.1 Å². The Hall–Kier alpha value is -2.69. The summed E-state index contributed by atoms with van der Waals surface area (Å²) >= 11 is 0. The molecule has 0 unspecified atom stereocenters. The third-order valence-corrected chi connectivity index (χ3v) is 4.49.